The van der Waals surface area contributed by atoms with Crippen molar-refractivity contribution in [2.45, 2.75) is 23.5 Å². The third-order valence-corrected chi connectivity index (χ3v) is 9.47. The van der Waals surface area contributed by atoms with Gasteiger partial charge < -0.3 is 5.32 Å². The molecule has 0 unspecified atom stereocenters. The highest BCUT2D eigenvalue weighted by molar-refractivity contribution is 7.92. The average molecular weight is 566 g/mol. The van der Waals surface area contributed by atoms with Gasteiger partial charge in [0, 0.05) is 29.7 Å². The summed E-state index contributed by atoms with van der Waals surface area (Å²) in [7, 11) is -7.44. The number of amides is 1. The Morgan fingerprint density at radius 2 is 1.57 bits per heavy atom. The molecular formula is C25H25ClFN3O5S2. The van der Waals surface area contributed by atoms with Gasteiger partial charge in [0.05, 0.1) is 16.3 Å². The Hall–Kier alpha value is -2.99. The van der Waals surface area contributed by atoms with Crippen LogP contribution in [0.2, 0.25) is 5.02 Å². The number of carbonyl (C=O) groups excluding carboxylic acids is 1. The topological polar surface area (TPSA) is 113 Å². The first-order chi connectivity index (χ1) is 17.5. The normalized spacial score (nSPS) is 15.3. The summed E-state index contributed by atoms with van der Waals surface area (Å²) in [5, 5.41) is 3.17. The molecule has 0 aliphatic carbocycles. The molecule has 1 fully saturated rings. The van der Waals surface area contributed by atoms with Crippen molar-refractivity contribution >= 4 is 48.9 Å². The Balaban J connectivity index is 1.31. The van der Waals surface area contributed by atoms with E-state index in [1.54, 1.807) is 18.2 Å². The number of halogens is 2. The molecule has 0 atom stereocenters. The number of piperidine rings is 1. The van der Waals surface area contributed by atoms with Gasteiger partial charge in [-0.2, -0.15) is 0 Å². The fraction of sp³-hybridized carbons (Fsp3) is 0.240. The maximum atomic E-state index is 13.1. The van der Waals surface area contributed by atoms with E-state index in [4.69, 9.17) is 11.6 Å². The van der Waals surface area contributed by atoms with Crippen molar-refractivity contribution in [3.8, 4) is 0 Å². The molecule has 0 bridgehead atoms. The lowest BCUT2D eigenvalue weighted by molar-refractivity contribution is -0.120. The quantitative estimate of drug-likeness (QED) is 0.419. The summed E-state index contributed by atoms with van der Waals surface area (Å²) in [6.07, 6.45) is 0.703. The van der Waals surface area contributed by atoms with Crippen molar-refractivity contribution in [1.82, 2.24) is 4.31 Å². The van der Waals surface area contributed by atoms with E-state index in [9.17, 15) is 26.0 Å². The zero-order valence-electron chi connectivity index (χ0n) is 19.6. The van der Waals surface area contributed by atoms with Crippen molar-refractivity contribution in [2.24, 2.45) is 5.92 Å². The molecule has 2 N–H and O–H groups in total. The predicted molar refractivity (Wildman–Crippen MR) is 141 cm³/mol. The standard InChI is InChI=1S/C25H25ClFN3O5S2/c26-20-2-1-3-23(16-20)29-37(34,35)24-10-8-22(9-11-24)28-25(31)19-12-14-30(15-13-19)36(32,33)17-18-4-6-21(27)7-5-18/h1-11,16,19,29H,12-15,17H2,(H,28,31). The van der Waals surface area contributed by atoms with Gasteiger partial charge in [0.25, 0.3) is 10.0 Å². The fourth-order valence-electron chi connectivity index (χ4n) is 4.01. The second-order valence-electron chi connectivity index (χ2n) is 8.69. The molecule has 3 aromatic rings. The van der Waals surface area contributed by atoms with Crippen LogP contribution in [-0.4, -0.2) is 40.1 Å². The second kappa shape index (κ2) is 11.2. The first-order valence-corrected chi connectivity index (χ1v) is 14.9. The molecule has 1 aliphatic heterocycles. The number of hydrogen-bond acceptors (Lipinski definition) is 5. The number of hydrogen-bond donors (Lipinski definition) is 2. The number of sulfonamides is 2. The summed E-state index contributed by atoms with van der Waals surface area (Å²) in [4.78, 5) is 12.8. The van der Waals surface area contributed by atoms with E-state index in [1.807, 2.05) is 0 Å². The van der Waals surface area contributed by atoms with Gasteiger partial charge in [-0.05, 0) is 73.0 Å². The van der Waals surface area contributed by atoms with Gasteiger partial charge in [0.15, 0.2) is 0 Å². The summed E-state index contributed by atoms with van der Waals surface area (Å²) < 4.78 is 67.6. The van der Waals surface area contributed by atoms with Crippen LogP contribution in [0.1, 0.15) is 18.4 Å². The average Bonchev–Trinajstić information content (AvgIpc) is 2.85. The van der Waals surface area contributed by atoms with E-state index in [0.717, 1.165) is 0 Å². The molecule has 1 saturated heterocycles. The van der Waals surface area contributed by atoms with E-state index in [2.05, 4.69) is 10.0 Å². The Kier molecular flexibility index (Phi) is 8.17. The van der Waals surface area contributed by atoms with E-state index in [0.29, 0.717) is 34.8 Å². The Morgan fingerprint density at radius 1 is 0.919 bits per heavy atom. The van der Waals surface area contributed by atoms with Crippen LogP contribution in [0.3, 0.4) is 0 Å². The molecule has 0 aromatic heterocycles. The van der Waals surface area contributed by atoms with Crippen LogP contribution in [0, 0.1) is 11.7 Å². The van der Waals surface area contributed by atoms with Gasteiger partial charge in [-0.1, -0.05) is 29.8 Å². The van der Waals surface area contributed by atoms with Gasteiger partial charge in [-0.15, -0.1) is 0 Å². The minimum atomic E-state index is -3.84. The first kappa shape index (κ1) is 27.1. The molecular weight excluding hydrogens is 541 g/mol. The highest BCUT2D eigenvalue weighted by Gasteiger charge is 2.31. The molecule has 37 heavy (non-hydrogen) atoms. The molecule has 1 amide bonds. The summed E-state index contributed by atoms with van der Waals surface area (Å²) in [5.41, 5.74) is 1.25. The maximum absolute atomic E-state index is 13.1. The van der Waals surface area contributed by atoms with Crippen molar-refractivity contribution in [2.75, 3.05) is 23.1 Å². The smallest absolute Gasteiger partial charge is 0.261 e. The van der Waals surface area contributed by atoms with E-state index in [1.165, 1.54) is 58.9 Å². The number of nitrogens with one attached hydrogen (secondary N) is 2. The highest BCUT2D eigenvalue weighted by Crippen LogP contribution is 2.25. The summed E-state index contributed by atoms with van der Waals surface area (Å²) in [5.74, 6) is -1.31. The summed E-state index contributed by atoms with van der Waals surface area (Å²) in [6.45, 7) is 0.405. The van der Waals surface area contributed by atoms with Gasteiger partial charge in [0.2, 0.25) is 15.9 Å². The molecule has 12 heteroatoms. The fourth-order valence-corrected chi connectivity index (χ4v) is 6.81. The van der Waals surface area contributed by atoms with Crippen LogP contribution in [0.25, 0.3) is 0 Å². The summed E-state index contributed by atoms with van der Waals surface area (Å²) in [6, 6.07) is 17.4. The lowest BCUT2D eigenvalue weighted by Gasteiger charge is -2.30. The number of anilines is 2. The van der Waals surface area contributed by atoms with Gasteiger partial charge in [-0.3, -0.25) is 9.52 Å². The van der Waals surface area contributed by atoms with Crippen LogP contribution in [-0.2, 0) is 30.6 Å². The monoisotopic (exact) mass is 565 g/mol. The third kappa shape index (κ3) is 7.07. The number of carbonyl (C=O) groups is 1. The van der Waals surface area contributed by atoms with Crippen LogP contribution in [0.5, 0.6) is 0 Å². The molecule has 196 valence electrons. The van der Waals surface area contributed by atoms with Gasteiger partial charge in [0.1, 0.15) is 5.82 Å². The first-order valence-electron chi connectivity index (χ1n) is 11.4. The van der Waals surface area contributed by atoms with E-state index >= 15 is 0 Å². The number of benzene rings is 3. The molecule has 1 heterocycles. The van der Waals surface area contributed by atoms with Crippen molar-refractivity contribution < 1.29 is 26.0 Å². The van der Waals surface area contributed by atoms with Gasteiger partial charge >= 0.3 is 0 Å². The molecule has 8 nitrogen and oxygen atoms in total. The molecule has 0 spiro atoms. The van der Waals surface area contributed by atoms with E-state index in [-0.39, 0.29) is 35.6 Å². The summed E-state index contributed by atoms with van der Waals surface area (Å²) >= 11 is 5.90. The van der Waals surface area contributed by atoms with Crippen molar-refractivity contribution in [1.29, 1.82) is 0 Å². The Labute approximate surface area is 220 Å². The Morgan fingerprint density at radius 3 is 2.19 bits per heavy atom. The molecule has 3 aromatic carbocycles. The number of nitrogens with zero attached hydrogens (tertiary/aromatic N) is 1. The van der Waals surface area contributed by atoms with E-state index < -0.39 is 25.9 Å². The zero-order chi connectivity index (χ0) is 26.6. The van der Waals surface area contributed by atoms with Crippen LogP contribution < -0.4 is 10.0 Å². The van der Waals surface area contributed by atoms with Crippen molar-refractivity contribution in [3.05, 3.63) is 89.2 Å². The highest BCUT2D eigenvalue weighted by atomic mass is 35.5. The SMILES string of the molecule is O=C(Nc1ccc(S(=O)(=O)Nc2cccc(Cl)c2)cc1)C1CCN(S(=O)(=O)Cc2ccc(F)cc2)CC1. The minimum Gasteiger partial charge on any atom is -0.326 e. The zero-order valence-corrected chi connectivity index (χ0v) is 22.0. The van der Waals surface area contributed by atoms with Crippen LogP contribution >= 0.6 is 11.6 Å². The lowest BCUT2D eigenvalue weighted by atomic mass is 9.97. The minimum absolute atomic E-state index is 0.0187. The Bertz CT molecular complexity index is 1470. The molecule has 0 saturated carbocycles. The maximum Gasteiger partial charge on any atom is 0.261 e. The predicted octanol–water partition coefficient (Wildman–Crippen LogP) is 4.46. The largest absolute Gasteiger partial charge is 0.326 e. The van der Waals surface area contributed by atoms with Crippen LogP contribution in [0.4, 0.5) is 15.8 Å². The van der Waals surface area contributed by atoms with Gasteiger partial charge in [-0.25, -0.2) is 25.5 Å². The second-order valence-corrected chi connectivity index (χ2v) is 12.8. The van der Waals surface area contributed by atoms with Crippen LogP contribution in [0.15, 0.2) is 77.7 Å². The molecule has 4 rings (SSSR count). The third-order valence-electron chi connectivity index (χ3n) is 5.99. The number of rotatable bonds is 8. The molecule has 0 radical (unpaired) electrons. The lowest BCUT2D eigenvalue weighted by Crippen LogP contribution is -2.41. The van der Waals surface area contributed by atoms with Crippen molar-refractivity contribution in [3.63, 3.8) is 0 Å². The molecule has 1 aliphatic rings.